The van der Waals surface area contributed by atoms with E-state index in [2.05, 4.69) is 20.8 Å². The van der Waals surface area contributed by atoms with Crippen LogP contribution < -0.4 is 5.73 Å². The number of thioether (sulfide) groups is 1. The van der Waals surface area contributed by atoms with Gasteiger partial charge in [-0.25, -0.2) is 0 Å². The van der Waals surface area contributed by atoms with E-state index < -0.39 is 0 Å². The highest BCUT2D eigenvalue weighted by molar-refractivity contribution is 8.00. The van der Waals surface area contributed by atoms with Crippen molar-refractivity contribution < 1.29 is 4.79 Å². The van der Waals surface area contributed by atoms with Gasteiger partial charge in [0.25, 0.3) is 0 Å². The van der Waals surface area contributed by atoms with Crippen molar-refractivity contribution in [1.29, 1.82) is 0 Å². The van der Waals surface area contributed by atoms with Crippen LogP contribution in [0.1, 0.15) is 33.6 Å². The highest BCUT2D eigenvalue weighted by Crippen LogP contribution is 2.21. The van der Waals surface area contributed by atoms with E-state index in [9.17, 15) is 4.79 Å². The molecule has 0 radical (unpaired) electrons. The third-order valence-corrected chi connectivity index (χ3v) is 4.32. The van der Waals surface area contributed by atoms with Crippen molar-refractivity contribution >= 4 is 17.7 Å². The first-order valence-electron chi connectivity index (χ1n) is 6.20. The van der Waals surface area contributed by atoms with Gasteiger partial charge < -0.3 is 10.6 Å². The molecule has 0 aliphatic carbocycles. The van der Waals surface area contributed by atoms with E-state index in [1.807, 2.05) is 16.7 Å². The number of carbonyl (C=O) groups is 1. The first-order chi connectivity index (χ1) is 7.54. The molecule has 1 unspecified atom stereocenters. The number of nitrogens with two attached hydrogens (primary N) is 1. The van der Waals surface area contributed by atoms with E-state index in [0.717, 1.165) is 31.7 Å². The molecule has 1 aliphatic rings. The molecule has 4 heteroatoms. The maximum atomic E-state index is 12.1. The van der Waals surface area contributed by atoms with Crippen molar-refractivity contribution in [3.05, 3.63) is 0 Å². The fourth-order valence-electron chi connectivity index (χ4n) is 2.01. The Bertz CT molecular complexity index is 233. The molecule has 1 amide bonds. The standard InChI is InChI=1S/C12H24N2OS/c1-4-10-8-14(5-6-16-10)12(15)11(13)7-9(2)3/h9-11H,4-8,13H2,1-3H3/t10?,11-/m0/s1. The minimum Gasteiger partial charge on any atom is -0.339 e. The van der Waals surface area contributed by atoms with Gasteiger partial charge in [0.1, 0.15) is 0 Å². The minimum atomic E-state index is -0.305. The van der Waals surface area contributed by atoms with Gasteiger partial charge >= 0.3 is 0 Å². The second-order valence-corrected chi connectivity index (χ2v) is 6.33. The van der Waals surface area contributed by atoms with Crippen LogP contribution in [0.5, 0.6) is 0 Å². The van der Waals surface area contributed by atoms with Crippen LogP contribution in [0.2, 0.25) is 0 Å². The quantitative estimate of drug-likeness (QED) is 0.819. The monoisotopic (exact) mass is 244 g/mol. The molecule has 0 spiro atoms. The Morgan fingerprint density at radius 1 is 1.56 bits per heavy atom. The number of rotatable bonds is 4. The van der Waals surface area contributed by atoms with Crippen LogP contribution in [-0.2, 0) is 4.79 Å². The van der Waals surface area contributed by atoms with E-state index in [1.54, 1.807) is 0 Å². The lowest BCUT2D eigenvalue weighted by atomic mass is 10.0. The summed E-state index contributed by atoms with van der Waals surface area (Å²) in [7, 11) is 0. The molecule has 1 fully saturated rings. The highest BCUT2D eigenvalue weighted by atomic mass is 32.2. The van der Waals surface area contributed by atoms with Crippen molar-refractivity contribution in [1.82, 2.24) is 4.90 Å². The zero-order chi connectivity index (χ0) is 12.1. The first kappa shape index (κ1) is 13.8. The van der Waals surface area contributed by atoms with E-state index >= 15 is 0 Å². The van der Waals surface area contributed by atoms with Gasteiger partial charge in [-0.3, -0.25) is 4.79 Å². The molecule has 3 nitrogen and oxygen atoms in total. The Labute approximate surface area is 103 Å². The summed E-state index contributed by atoms with van der Waals surface area (Å²) in [5, 5.41) is 0.601. The van der Waals surface area contributed by atoms with E-state index in [0.29, 0.717) is 11.2 Å². The topological polar surface area (TPSA) is 46.3 Å². The molecular weight excluding hydrogens is 220 g/mol. The minimum absolute atomic E-state index is 0.146. The molecule has 0 aromatic rings. The van der Waals surface area contributed by atoms with Crippen molar-refractivity contribution in [2.24, 2.45) is 11.7 Å². The molecular formula is C12H24N2OS. The van der Waals surface area contributed by atoms with Crippen LogP contribution >= 0.6 is 11.8 Å². The number of hydrogen-bond donors (Lipinski definition) is 1. The van der Waals surface area contributed by atoms with Crippen LogP contribution in [0.25, 0.3) is 0 Å². The Balaban J connectivity index is 2.46. The molecule has 1 saturated heterocycles. The van der Waals surface area contributed by atoms with Gasteiger partial charge in [-0.2, -0.15) is 11.8 Å². The van der Waals surface area contributed by atoms with Gasteiger partial charge in [0.05, 0.1) is 6.04 Å². The van der Waals surface area contributed by atoms with E-state index in [4.69, 9.17) is 5.73 Å². The Morgan fingerprint density at radius 3 is 2.81 bits per heavy atom. The summed E-state index contributed by atoms with van der Waals surface area (Å²) in [4.78, 5) is 14.0. The predicted molar refractivity (Wildman–Crippen MR) is 70.5 cm³/mol. The van der Waals surface area contributed by atoms with Crippen LogP contribution in [-0.4, -0.2) is 40.9 Å². The summed E-state index contributed by atoms with van der Waals surface area (Å²) in [6.07, 6.45) is 1.92. The first-order valence-corrected chi connectivity index (χ1v) is 7.25. The third-order valence-electron chi connectivity index (χ3n) is 2.95. The molecule has 16 heavy (non-hydrogen) atoms. The van der Waals surface area contributed by atoms with Crippen LogP contribution in [0.3, 0.4) is 0 Å². The molecule has 0 saturated carbocycles. The Hall–Kier alpha value is -0.220. The number of hydrogen-bond acceptors (Lipinski definition) is 3. The molecule has 1 aliphatic heterocycles. The van der Waals surface area contributed by atoms with Gasteiger partial charge in [0.15, 0.2) is 0 Å². The average Bonchev–Trinajstić information content (AvgIpc) is 2.27. The zero-order valence-electron chi connectivity index (χ0n) is 10.6. The van der Waals surface area contributed by atoms with Crippen molar-refractivity contribution in [3.63, 3.8) is 0 Å². The summed E-state index contributed by atoms with van der Waals surface area (Å²) in [6.45, 7) is 8.14. The van der Waals surface area contributed by atoms with E-state index in [1.165, 1.54) is 0 Å². The molecule has 0 aromatic heterocycles. The predicted octanol–water partition coefficient (Wildman–Crippen LogP) is 1.71. The van der Waals surface area contributed by atoms with Crippen molar-refractivity contribution in [2.45, 2.75) is 44.9 Å². The van der Waals surface area contributed by atoms with Crippen molar-refractivity contribution in [2.75, 3.05) is 18.8 Å². The second-order valence-electron chi connectivity index (χ2n) is 4.92. The molecule has 1 rings (SSSR count). The molecule has 1 heterocycles. The number of amides is 1. The Morgan fingerprint density at radius 2 is 2.25 bits per heavy atom. The lowest BCUT2D eigenvalue weighted by Gasteiger charge is -2.33. The normalized spacial score (nSPS) is 23.6. The summed E-state index contributed by atoms with van der Waals surface area (Å²) in [5.41, 5.74) is 5.94. The number of nitrogens with zero attached hydrogens (tertiary/aromatic N) is 1. The SMILES string of the molecule is CCC1CN(C(=O)[C@@H](N)CC(C)C)CCS1. The summed E-state index contributed by atoms with van der Waals surface area (Å²) in [6, 6.07) is -0.305. The number of carbonyl (C=O) groups excluding carboxylic acids is 1. The summed E-state index contributed by atoms with van der Waals surface area (Å²) >= 11 is 1.98. The summed E-state index contributed by atoms with van der Waals surface area (Å²) < 4.78 is 0. The molecule has 0 aromatic carbocycles. The molecule has 2 atom stereocenters. The summed E-state index contributed by atoms with van der Waals surface area (Å²) in [5.74, 6) is 1.69. The fourth-order valence-corrected chi connectivity index (χ4v) is 3.19. The average molecular weight is 244 g/mol. The maximum absolute atomic E-state index is 12.1. The lowest BCUT2D eigenvalue weighted by molar-refractivity contribution is -0.132. The van der Waals surface area contributed by atoms with Gasteiger partial charge in [-0.15, -0.1) is 0 Å². The maximum Gasteiger partial charge on any atom is 0.239 e. The zero-order valence-corrected chi connectivity index (χ0v) is 11.4. The van der Waals surface area contributed by atoms with Crippen molar-refractivity contribution in [3.8, 4) is 0 Å². The van der Waals surface area contributed by atoms with Gasteiger partial charge in [0, 0.05) is 24.1 Å². The second kappa shape index (κ2) is 6.50. The molecule has 2 N–H and O–H groups in total. The lowest BCUT2D eigenvalue weighted by Crippen LogP contribution is -2.49. The highest BCUT2D eigenvalue weighted by Gasteiger charge is 2.26. The van der Waals surface area contributed by atoms with Crippen LogP contribution in [0.15, 0.2) is 0 Å². The van der Waals surface area contributed by atoms with Gasteiger partial charge in [-0.05, 0) is 18.8 Å². The molecule has 0 bridgehead atoms. The smallest absolute Gasteiger partial charge is 0.239 e. The van der Waals surface area contributed by atoms with Gasteiger partial charge in [0.2, 0.25) is 5.91 Å². The third kappa shape index (κ3) is 3.98. The fraction of sp³-hybridized carbons (Fsp3) is 0.917. The largest absolute Gasteiger partial charge is 0.339 e. The van der Waals surface area contributed by atoms with Gasteiger partial charge in [-0.1, -0.05) is 20.8 Å². The Kier molecular flexibility index (Phi) is 5.62. The van der Waals surface area contributed by atoms with Crippen LogP contribution in [0.4, 0.5) is 0 Å². The van der Waals surface area contributed by atoms with Crippen LogP contribution in [0, 0.1) is 5.92 Å². The molecule has 94 valence electrons. The van der Waals surface area contributed by atoms with E-state index in [-0.39, 0.29) is 11.9 Å².